The minimum atomic E-state index is 0.156. The summed E-state index contributed by atoms with van der Waals surface area (Å²) in [5.41, 5.74) is 2.79. The van der Waals surface area contributed by atoms with Crippen molar-refractivity contribution >= 4 is 6.03 Å². The van der Waals surface area contributed by atoms with Crippen molar-refractivity contribution in [1.29, 1.82) is 0 Å². The number of nitrogens with one attached hydrogen (secondary N) is 1. The van der Waals surface area contributed by atoms with E-state index in [9.17, 15) is 4.79 Å². The molecule has 5 heteroatoms. The number of carbonyl (C=O) groups excluding carboxylic acids is 1. The Morgan fingerprint density at radius 1 is 0.964 bits per heavy atom. The Balaban J connectivity index is 1.18. The van der Waals surface area contributed by atoms with E-state index >= 15 is 0 Å². The topological polar surface area (TPSA) is 38.8 Å². The van der Waals surface area contributed by atoms with Gasteiger partial charge in [-0.25, -0.2) is 4.79 Å². The average molecular weight is 385 g/mol. The molecule has 2 aliphatic heterocycles. The summed E-state index contributed by atoms with van der Waals surface area (Å²) >= 11 is 0. The van der Waals surface area contributed by atoms with E-state index in [1.165, 1.54) is 36.8 Å². The van der Waals surface area contributed by atoms with Gasteiger partial charge in [0.05, 0.1) is 0 Å². The molecule has 1 aromatic rings. The van der Waals surface area contributed by atoms with Crippen LogP contribution in [0, 0.1) is 6.92 Å². The normalized spacial score (nSPS) is 23.2. The number of piperazine rings is 1. The lowest BCUT2D eigenvalue weighted by Gasteiger charge is -2.39. The number of urea groups is 1. The van der Waals surface area contributed by atoms with Crippen molar-refractivity contribution in [3.63, 3.8) is 0 Å². The Hall–Kier alpha value is -1.59. The SMILES string of the molecule is Cc1ccccc1CN1CCC(NC(=O)N2CCN(C3CCCC3)CC2)CC1. The van der Waals surface area contributed by atoms with E-state index in [-0.39, 0.29) is 6.03 Å². The Kier molecular flexibility index (Phi) is 6.53. The summed E-state index contributed by atoms with van der Waals surface area (Å²) in [6.07, 6.45) is 7.59. The molecular formula is C23H36N4O. The van der Waals surface area contributed by atoms with Crippen LogP contribution >= 0.6 is 0 Å². The van der Waals surface area contributed by atoms with Crippen LogP contribution in [0.1, 0.15) is 49.7 Å². The summed E-state index contributed by atoms with van der Waals surface area (Å²) in [7, 11) is 0. The number of amides is 2. The van der Waals surface area contributed by atoms with Crippen LogP contribution in [-0.4, -0.2) is 72.1 Å². The third-order valence-corrected chi connectivity index (χ3v) is 7.01. The predicted octanol–water partition coefficient (Wildman–Crippen LogP) is 3.23. The number of nitrogens with zero attached hydrogens (tertiary/aromatic N) is 3. The lowest BCUT2D eigenvalue weighted by atomic mass is 10.0. The van der Waals surface area contributed by atoms with Crippen LogP contribution in [0.3, 0.4) is 0 Å². The van der Waals surface area contributed by atoms with Crippen LogP contribution in [0.15, 0.2) is 24.3 Å². The van der Waals surface area contributed by atoms with E-state index in [0.29, 0.717) is 6.04 Å². The second-order valence-corrected chi connectivity index (χ2v) is 8.89. The Morgan fingerprint density at radius 2 is 1.64 bits per heavy atom. The molecule has 1 aliphatic carbocycles. The first-order valence-corrected chi connectivity index (χ1v) is 11.3. The van der Waals surface area contributed by atoms with Crippen LogP contribution in [0.2, 0.25) is 0 Å². The van der Waals surface area contributed by atoms with Crippen molar-refractivity contribution < 1.29 is 4.79 Å². The first-order valence-electron chi connectivity index (χ1n) is 11.3. The van der Waals surface area contributed by atoms with Gasteiger partial charge < -0.3 is 10.2 Å². The highest BCUT2D eigenvalue weighted by molar-refractivity contribution is 5.74. The minimum absolute atomic E-state index is 0.156. The maximum Gasteiger partial charge on any atom is 0.317 e. The van der Waals surface area contributed by atoms with Gasteiger partial charge in [0, 0.05) is 57.9 Å². The van der Waals surface area contributed by atoms with E-state index in [0.717, 1.165) is 64.7 Å². The van der Waals surface area contributed by atoms with Gasteiger partial charge in [0.15, 0.2) is 0 Å². The summed E-state index contributed by atoms with van der Waals surface area (Å²) in [5.74, 6) is 0. The molecular weight excluding hydrogens is 348 g/mol. The van der Waals surface area contributed by atoms with Crippen LogP contribution in [-0.2, 0) is 6.54 Å². The molecule has 2 saturated heterocycles. The summed E-state index contributed by atoms with van der Waals surface area (Å²) in [4.78, 5) is 19.9. The standard InChI is InChI=1S/C23H36N4O/c1-19-6-2-3-7-20(19)18-25-12-10-21(11-13-25)24-23(28)27-16-14-26(15-17-27)22-8-4-5-9-22/h2-3,6-7,21-22H,4-5,8-18H2,1H3,(H,24,28). The Labute approximate surface area is 170 Å². The lowest BCUT2D eigenvalue weighted by molar-refractivity contribution is 0.105. The van der Waals surface area contributed by atoms with Gasteiger partial charge >= 0.3 is 6.03 Å². The lowest BCUT2D eigenvalue weighted by Crippen LogP contribution is -2.56. The molecule has 5 nitrogen and oxygen atoms in total. The maximum atomic E-state index is 12.7. The van der Waals surface area contributed by atoms with Crippen molar-refractivity contribution in [2.24, 2.45) is 0 Å². The monoisotopic (exact) mass is 384 g/mol. The third-order valence-electron chi connectivity index (χ3n) is 7.01. The van der Waals surface area contributed by atoms with Crippen molar-refractivity contribution in [2.75, 3.05) is 39.3 Å². The molecule has 4 rings (SSSR count). The summed E-state index contributed by atoms with van der Waals surface area (Å²) in [6, 6.07) is 9.92. The number of rotatable bonds is 4. The Bertz CT molecular complexity index is 642. The van der Waals surface area contributed by atoms with Gasteiger partial charge in [0.2, 0.25) is 0 Å². The van der Waals surface area contributed by atoms with Gasteiger partial charge in [-0.3, -0.25) is 9.80 Å². The predicted molar refractivity (Wildman–Crippen MR) is 113 cm³/mol. The van der Waals surface area contributed by atoms with Gasteiger partial charge in [-0.15, -0.1) is 0 Å². The van der Waals surface area contributed by atoms with Crippen LogP contribution in [0.5, 0.6) is 0 Å². The summed E-state index contributed by atoms with van der Waals surface area (Å²) in [6.45, 7) is 9.21. The largest absolute Gasteiger partial charge is 0.335 e. The van der Waals surface area contributed by atoms with Crippen LogP contribution < -0.4 is 5.32 Å². The number of hydrogen-bond donors (Lipinski definition) is 1. The minimum Gasteiger partial charge on any atom is -0.335 e. The molecule has 2 amide bonds. The fraction of sp³-hybridized carbons (Fsp3) is 0.696. The molecule has 0 spiro atoms. The maximum absolute atomic E-state index is 12.7. The molecule has 0 unspecified atom stereocenters. The van der Waals surface area contributed by atoms with Gasteiger partial charge in [-0.2, -0.15) is 0 Å². The summed E-state index contributed by atoms with van der Waals surface area (Å²) in [5, 5.41) is 3.31. The fourth-order valence-electron chi connectivity index (χ4n) is 5.09. The highest BCUT2D eigenvalue weighted by Gasteiger charge is 2.29. The first kappa shape index (κ1) is 19.7. The molecule has 2 heterocycles. The van der Waals surface area contributed by atoms with Gasteiger partial charge in [-0.05, 0) is 43.7 Å². The molecule has 0 bridgehead atoms. The molecule has 3 aliphatic rings. The van der Waals surface area contributed by atoms with Gasteiger partial charge in [0.25, 0.3) is 0 Å². The van der Waals surface area contributed by atoms with Crippen LogP contribution in [0.4, 0.5) is 4.79 Å². The highest BCUT2D eigenvalue weighted by atomic mass is 16.2. The zero-order valence-corrected chi connectivity index (χ0v) is 17.4. The molecule has 0 atom stereocenters. The van der Waals surface area contributed by atoms with Crippen molar-refractivity contribution in [3.05, 3.63) is 35.4 Å². The zero-order chi connectivity index (χ0) is 19.3. The quantitative estimate of drug-likeness (QED) is 0.866. The van der Waals surface area contributed by atoms with Crippen molar-refractivity contribution in [3.8, 4) is 0 Å². The van der Waals surface area contributed by atoms with Gasteiger partial charge in [-0.1, -0.05) is 37.1 Å². The molecule has 3 fully saturated rings. The second kappa shape index (κ2) is 9.27. The zero-order valence-electron chi connectivity index (χ0n) is 17.4. The Morgan fingerprint density at radius 3 is 2.32 bits per heavy atom. The summed E-state index contributed by atoms with van der Waals surface area (Å²) < 4.78 is 0. The molecule has 0 radical (unpaired) electrons. The molecule has 1 N–H and O–H groups in total. The molecule has 28 heavy (non-hydrogen) atoms. The van der Waals surface area contributed by atoms with E-state index in [1.54, 1.807) is 0 Å². The van der Waals surface area contributed by atoms with Crippen molar-refractivity contribution in [2.45, 2.75) is 64.1 Å². The number of hydrogen-bond acceptors (Lipinski definition) is 3. The number of likely N-dealkylation sites (tertiary alicyclic amines) is 1. The van der Waals surface area contributed by atoms with Crippen molar-refractivity contribution in [1.82, 2.24) is 20.0 Å². The van der Waals surface area contributed by atoms with Crippen LogP contribution in [0.25, 0.3) is 0 Å². The third kappa shape index (κ3) is 4.87. The van der Waals surface area contributed by atoms with E-state index < -0.39 is 0 Å². The smallest absolute Gasteiger partial charge is 0.317 e. The molecule has 1 aromatic carbocycles. The molecule has 154 valence electrons. The number of carbonyl (C=O) groups is 1. The fourth-order valence-corrected chi connectivity index (χ4v) is 5.09. The highest BCUT2D eigenvalue weighted by Crippen LogP contribution is 2.24. The van der Waals surface area contributed by atoms with E-state index in [2.05, 4.69) is 46.3 Å². The first-order chi connectivity index (χ1) is 13.7. The number of aryl methyl sites for hydroxylation is 1. The van der Waals surface area contributed by atoms with E-state index in [4.69, 9.17) is 0 Å². The number of benzene rings is 1. The second-order valence-electron chi connectivity index (χ2n) is 8.89. The molecule has 1 saturated carbocycles. The number of piperidine rings is 1. The average Bonchev–Trinajstić information content (AvgIpc) is 3.26. The van der Waals surface area contributed by atoms with E-state index in [1.807, 2.05) is 4.90 Å². The molecule has 0 aromatic heterocycles. The van der Waals surface area contributed by atoms with Gasteiger partial charge in [0.1, 0.15) is 0 Å².